The van der Waals surface area contributed by atoms with E-state index in [2.05, 4.69) is 11.9 Å². The Morgan fingerprint density at radius 2 is 1.86 bits per heavy atom. The molecule has 0 unspecified atom stereocenters. The van der Waals surface area contributed by atoms with Crippen molar-refractivity contribution in [3.05, 3.63) is 71.5 Å². The van der Waals surface area contributed by atoms with E-state index < -0.39 is 15.8 Å². The highest BCUT2D eigenvalue weighted by molar-refractivity contribution is 7.93. The van der Waals surface area contributed by atoms with E-state index in [1.165, 1.54) is 48.5 Å². The van der Waals surface area contributed by atoms with Crippen molar-refractivity contribution in [3.63, 3.8) is 0 Å². The number of carbonyl (C=O) groups is 1. The predicted octanol–water partition coefficient (Wildman–Crippen LogP) is 4.53. The van der Waals surface area contributed by atoms with Gasteiger partial charge >= 0.3 is 0 Å². The zero-order valence-electron chi connectivity index (χ0n) is 15.8. The van der Waals surface area contributed by atoms with E-state index in [-0.39, 0.29) is 39.7 Å². The average molecular weight is 437 g/mol. The molecule has 1 amide bonds. The number of benzene rings is 2. The summed E-state index contributed by atoms with van der Waals surface area (Å²) in [7, 11) is -4.12. The summed E-state index contributed by atoms with van der Waals surface area (Å²) < 4.78 is 41.0. The molecule has 1 fully saturated rings. The van der Waals surface area contributed by atoms with Gasteiger partial charge in [0.25, 0.3) is 15.9 Å². The maximum atomic E-state index is 13.3. The third kappa shape index (κ3) is 4.79. The van der Waals surface area contributed by atoms with Gasteiger partial charge in [0.2, 0.25) is 0 Å². The highest BCUT2D eigenvalue weighted by Gasteiger charge is 2.28. The first-order chi connectivity index (χ1) is 13.8. The molecule has 0 heterocycles. The molecule has 0 saturated heterocycles. The number of halogens is 2. The van der Waals surface area contributed by atoms with Gasteiger partial charge in [0.1, 0.15) is 10.7 Å². The summed E-state index contributed by atoms with van der Waals surface area (Å²) in [5.74, 6) is -0.810. The maximum Gasteiger partial charge on any atom is 0.266 e. The molecule has 2 aromatic carbocycles. The van der Waals surface area contributed by atoms with Gasteiger partial charge in [-0.15, -0.1) is 6.58 Å². The van der Waals surface area contributed by atoms with Crippen LogP contribution in [0.15, 0.2) is 60.0 Å². The van der Waals surface area contributed by atoms with Crippen LogP contribution in [0.25, 0.3) is 0 Å². The van der Waals surface area contributed by atoms with Gasteiger partial charge in [-0.25, -0.2) is 12.8 Å². The molecule has 1 N–H and O–H groups in total. The normalized spacial score (nSPS) is 14.6. The van der Waals surface area contributed by atoms with Crippen LogP contribution in [0.2, 0.25) is 5.02 Å². The van der Waals surface area contributed by atoms with Gasteiger partial charge in [-0.3, -0.25) is 9.10 Å². The number of anilines is 1. The fraction of sp³-hybridized carbons (Fsp3) is 0.286. The number of nitrogens with zero attached hydrogens (tertiary/aromatic N) is 1. The first kappa shape index (κ1) is 21.3. The van der Waals surface area contributed by atoms with E-state index in [0.717, 1.165) is 30.0 Å². The molecule has 2 aromatic rings. The Morgan fingerprint density at radius 1 is 1.21 bits per heavy atom. The molecule has 0 spiro atoms. The van der Waals surface area contributed by atoms with Crippen molar-refractivity contribution in [2.45, 2.75) is 36.6 Å². The molecule has 0 radical (unpaired) electrons. The SMILES string of the molecule is C=CCN(c1ccc(F)cc1)S(=O)(=O)c1cc(C(=O)NC2CCCC2)ccc1Cl. The highest BCUT2D eigenvalue weighted by Crippen LogP contribution is 2.30. The standard InChI is InChI=1S/C21H22ClFN2O3S/c1-2-13-25(18-10-8-16(23)9-11-18)29(27,28)20-14-15(7-12-19(20)22)21(26)24-17-5-3-4-6-17/h2,7-12,14,17H,1,3-6,13H2,(H,24,26). The molecule has 154 valence electrons. The van der Waals surface area contributed by atoms with Gasteiger partial charge in [0.15, 0.2) is 0 Å². The Balaban J connectivity index is 1.96. The van der Waals surface area contributed by atoms with Gasteiger partial charge < -0.3 is 5.32 Å². The van der Waals surface area contributed by atoms with Crippen LogP contribution in [0.4, 0.5) is 10.1 Å². The van der Waals surface area contributed by atoms with Gasteiger partial charge in [0, 0.05) is 11.6 Å². The van der Waals surface area contributed by atoms with E-state index in [0.29, 0.717) is 0 Å². The van der Waals surface area contributed by atoms with Crippen LogP contribution in [0, 0.1) is 5.82 Å². The molecule has 29 heavy (non-hydrogen) atoms. The summed E-state index contributed by atoms with van der Waals surface area (Å²) in [4.78, 5) is 12.4. The van der Waals surface area contributed by atoms with Gasteiger partial charge in [-0.05, 0) is 55.3 Å². The maximum absolute atomic E-state index is 13.3. The van der Waals surface area contributed by atoms with E-state index in [4.69, 9.17) is 11.6 Å². The third-order valence-electron chi connectivity index (χ3n) is 4.86. The lowest BCUT2D eigenvalue weighted by Crippen LogP contribution is -2.33. The fourth-order valence-electron chi connectivity index (χ4n) is 3.37. The Kier molecular flexibility index (Phi) is 6.59. The lowest BCUT2D eigenvalue weighted by atomic mass is 10.2. The van der Waals surface area contributed by atoms with Crippen molar-refractivity contribution in [1.82, 2.24) is 5.32 Å². The number of nitrogens with one attached hydrogen (secondary N) is 1. The van der Waals surface area contributed by atoms with Crippen LogP contribution < -0.4 is 9.62 Å². The molecule has 0 aromatic heterocycles. The Morgan fingerprint density at radius 3 is 2.48 bits per heavy atom. The molecule has 0 atom stereocenters. The smallest absolute Gasteiger partial charge is 0.266 e. The highest BCUT2D eigenvalue weighted by atomic mass is 35.5. The molecular formula is C21H22ClFN2O3S. The van der Waals surface area contributed by atoms with Gasteiger partial charge in [-0.1, -0.05) is 30.5 Å². The molecule has 1 aliphatic rings. The molecule has 1 aliphatic carbocycles. The minimum absolute atomic E-state index is 0.00131. The second kappa shape index (κ2) is 8.97. The topological polar surface area (TPSA) is 66.5 Å². The summed E-state index contributed by atoms with van der Waals surface area (Å²) in [6.45, 7) is 3.56. The molecule has 8 heteroatoms. The minimum atomic E-state index is -4.12. The summed E-state index contributed by atoms with van der Waals surface area (Å²) in [5.41, 5.74) is 0.487. The van der Waals surface area contributed by atoms with Crippen molar-refractivity contribution >= 4 is 33.2 Å². The Bertz CT molecular complexity index is 1000. The van der Waals surface area contributed by atoms with Crippen molar-refractivity contribution < 1.29 is 17.6 Å². The first-order valence-corrected chi connectivity index (χ1v) is 11.1. The molecule has 0 bridgehead atoms. The van der Waals surface area contributed by atoms with Crippen LogP contribution in [0.5, 0.6) is 0 Å². The molecule has 0 aliphatic heterocycles. The Labute approximate surface area is 175 Å². The van der Waals surface area contributed by atoms with Gasteiger partial charge in [-0.2, -0.15) is 0 Å². The number of amides is 1. The van der Waals surface area contributed by atoms with Crippen molar-refractivity contribution in [2.24, 2.45) is 0 Å². The van der Waals surface area contributed by atoms with Crippen LogP contribution in [0.3, 0.4) is 0 Å². The van der Waals surface area contributed by atoms with E-state index >= 15 is 0 Å². The molecule has 1 saturated carbocycles. The van der Waals surface area contributed by atoms with E-state index in [9.17, 15) is 17.6 Å². The zero-order chi connectivity index (χ0) is 21.0. The lowest BCUT2D eigenvalue weighted by molar-refractivity contribution is 0.0937. The van der Waals surface area contributed by atoms with Crippen LogP contribution in [-0.2, 0) is 10.0 Å². The number of hydrogen-bond donors (Lipinski definition) is 1. The summed E-state index contributed by atoms with van der Waals surface area (Å²) in [6.07, 6.45) is 5.40. The zero-order valence-corrected chi connectivity index (χ0v) is 17.3. The minimum Gasteiger partial charge on any atom is -0.349 e. The quantitative estimate of drug-likeness (QED) is 0.648. The van der Waals surface area contributed by atoms with Crippen molar-refractivity contribution in [3.8, 4) is 0 Å². The lowest BCUT2D eigenvalue weighted by Gasteiger charge is -2.24. The van der Waals surface area contributed by atoms with E-state index in [1.54, 1.807) is 0 Å². The first-order valence-electron chi connectivity index (χ1n) is 9.32. The second-order valence-electron chi connectivity index (χ2n) is 6.90. The number of carbonyl (C=O) groups excluding carboxylic acids is 1. The van der Waals surface area contributed by atoms with Gasteiger partial charge in [0.05, 0.1) is 17.3 Å². The summed E-state index contributed by atoms with van der Waals surface area (Å²) >= 11 is 6.19. The van der Waals surface area contributed by atoms with Crippen LogP contribution in [0.1, 0.15) is 36.0 Å². The van der Waals surface area contributed by atoms with Crippen LogP contribution >= 0.6 is 11.6 Å². The largest absolute Gasteiger partial charge is 0.349 e. The number of rotatable bonds is 7. The predicted molar refractivity (Wildman–Crippen MR) is 112 cm³/mol. The number of sulfonamides is 1. The summed E-state index contributed by atoms with van der Waals surface area (Å²) in [5, 5.41) is 2.94. The summed E-state index contributed by atoms with van der Waals surface area (Å²) in [6, 6.07) is 9.36. The molecular weight excluding hydrogens is 415 g/mol. The Hall–Kier alpha value is -2.38. The second-order valence-corrected chi connectivity index (χ2v) is 9.14. The average Bonchev–Trinajstić information content (AvgIpc) is 3.20. The van der Waals surface area contributed by atoms with Crippen molar-refractivity contribution in [2.75, 3.05) is 10.8 Å². The molecule has 3 rings (SSSR count). The van der Waals surface area contributed by atoms with Crippen molar-refractivity contribution in [1.29, 1.82) is 0 Å². The third-order valence-corrected chi connectivity index (χ3v) is 7.14. The van der Waals surface area contributed by atoms with Crippen LogP contribution in [-0.4, -0.2) is 26.9 Å². The van der Waals surface area contributed by atoms with E-state index in [1.807, 2.05) is 0 Å². The monoisotopic (exact) mass is 436 g/mol. The number of hydrogen-bond acceptors (Lipinski definition) is 3. The fourth-order valence-corrected chi connectivity index (χ4v) is 5.31. The molecule has 5 nitrogen and oxygen atoms in total.